The second-order valence-corrected chi connectivity index (χ2v) is 6.18. The SMILES string of the molecule is CCC(C)(CCO)NC(=O)c1cccc2c1OC(C)C2C. The molecule has 2 rings (SSSR count). The van der Waals surface area contributed by atoms with Gasteiger partial charge in [0.25, 0.3) is 5.91 Å². The summed E-state index contributed by atoms with van der Waals surface area (Å²) < 4.78 is 5.87. The maximum atomic E-state index is 12.6. The smallest absolute Gasteiger partial charge is 0.255 e. The average molecular weight is 291 g/mol. The number of nitrogens with one attached hydrogen (secondary N) is 1. The number of fused-ring (bicyclic) bond motifs is 1. The van der Waals surface area contributed by atoms with Crippen LogP contribution in [0, 0.1) is 0 Å². The Balaban J connectivity index is 2.26. The van der Waals surface area contributed by atoms with Crippen molar-refractivity contribution in [2.45, 2.75) is 58.1 Å². The van der Waals surface area contributed by atoms with E-state index >= 15 is 0 Å². The number of carbonyl (C=O) groups excluding carboxylic acids is 1. The molecule has 1 heterocycles. The summed E-state index contributed by atoms with van der Waals surface area (Å²) in [6, 6.07) is 5.72. The third-order valence-corrected chi connectivity index (χ3v) is 4.65. The van der Waals surface area contributed by atoms with E-state index in [0.717, 1.165) is 12.0 Å². The van der Waals surface area contributed by atoms with E-state index < -0.39 is 5.54 Å². The van der Waals surface area contributed by atoms with Crippen LogP contribution in [0.25, 0.3) is 0 Å². The van der Waals surface area contributed by atoms with Gasteiger partial charge in [0, 0.05) is 23.6 Å². The Morgan fingerprint density at radius 3 is 2.76 bits per heavy atom. The van der Waals surface area contributed by atoms with Gasteiger partial charge in [0.2, 0.25) is 0 Å². The molecule has 3 unspecified atom stereocenters. The van der Waals surface area contributed by atoms with E-state index in [9.17, 15) is 4.79 Å². The highest BCUT2D eigenvalue weighted by Gasteiger charge is 2.32. The second kappa shape index (κ2) is 6.06. The highest BCUT2D eigenvalue weighted by atomic mass is 16.5. The maximum absolute atomic E-state index is 12.6. The molecule has 0 saturated carbocycles. The number of carbonyl (C=O) groups is 1. The molecule has 1 amide bonds. The molecule has 21 heavy (non-hydrogen) atoms. The highest BCUT2D eigenvalue weighted by molar-refractivity contribution is 5.98. The van der Waals surface area contributed by atoms with Crippen molar-refractivity contribution in [2.75, 3.05) is 6.61 Å². The van der Waals surface area contributed by atoms with Gasteiger partial charge in [-0.3, -0.25) is 4.79 Å². The molecule has 1 aromatic carbocycles. The monoisotopic (exact) mass is 291 g/mol. The lowest BCUT2D eigenvalue weighted by molar-refractivity contribution is 0.0881. The lowest BCUT2D eigenvalue weighted by Crippen LogP contribution is -2.46. The lowest BCUT2D eigenvalue weighted by Gasteiger charge is -2.29. The molecule has 0 fully saturated rings. The van der Waals surface area contributed by atoms with Crippen molar-refractivity contribution in [3.63, 3.8) is 0 Å². The fourth-order valence-electron chi connectivity index (χ4n) is 2.68. The van der Waals surface area contributed by atoms with E-state index in [4.69, 9.17) is 9.84 Å². The van der Waals surface area contributed by atoms with E-state index in [1.165, 1.54) is 0 Å². The number of amides is 1. The molecule has 0 radical (unpaired) electrons. The van der Waals surface area contributed by atoms with E-state index in [-0.39, 0.29) is 18.6 Å². The van der Waals surface area contributed by atoms with Crippen LogP contribution in [0.5, 0.6) is 5.75 Å². The van der Waals surface area contributed by atoms with Gasteiger partial charge in [-0.25, -0.2) is 0 Å². The molecule has 1 aliphatic heterocycles. The summed E-state index contributed by atoms with van der Waals surface area (Å²) in [5.41, 5.74) is 1.28. The fourth-order valence-corrected chi connectivity index (χ4v) is 2.68. The number of aliphatic hydroxyl groups is 1. The first-order chi connectivity index (χ1) is 9.91. The quantitative estimate of drug-likeness (QED) is 0.877. The first-order valence-electron chi connectivity index (χ1n) is 7.65. The number of para-hydroxylation sites is 1. The number of hydrogen-bond acceptors (Lipinski definition) is 3. The van der Waals surface area contributed by atoms with E-state index in [2.05, 4.69) is 12.2 Å². The molecular formula is C17H25NO3. The van der Waals surface area contributed by atoms with Crippen LogP contribution in [0.4, 0.5) is 0 Å². The molecule has 1 aromatic rings. The predicted octanol–water partition coefficient (Wildman–Crippen LogP) is 2.85. The fraction of sp³-hybridized carbons (Fsp3) is 0.588. The van der Waals surface area contributed by atoms with Crippen LogP contribution in [0.2, 0.25) is 0 Å². The summed E-state index contributed by atoms with van der Waals surface area (Å²) in [5.74, 6) is 0.867. The van der Waals surface area contributed by atoms with Crippen LogP contribution in [0.1, 0.15) is 62.4 Å². The van der Waals surface area contributed by atoms with Gasteiger partial charge in [0.1, 0.15) is 11.9 Å². The van der Waals surface area contributed by atoms with Crippen molar-refractivity contribution in [2.24, 2.45) is 0 Å². The molecule has 4 nitrogen and oxygen atoms in total. The summed E-state index contributed by atoms with van der Waals surface area (Å²) >= 11 is 0. The van der Waals surface area contributed by atoms with Crippen molar-refractivity contribution in [1.82, 2.24) is 5.32 Å². The third-order valence-electron chi connectivity index (χ3n) is 4.65. The van der Waals surface area contributed by atoms with Crippen molar-refractivity contribution >= 4 is 5.91 Å². The Morgan fingerprint density at radius 2 is 2.14 bits per heavy atom. The molecule has 116 valence electrons. The highest BCUT2D eigenvalue weighted by Crippen LogP contribution is 2.40. The first kappa shape index (κ1) is 15.8. The van der Waals surface area contributed by atoms with Gasteiger partial charge < -0.3 is 15.2 Å². The number of aliphatic hydroxyl groups excluding tert-OH is 1. The number of ether oxygens (including phenoxy) is 1. The van der Waals surface area contributed by atoms with Gasteiger partial charge in [-0.1, -0.05) is 26.0 Å². The van der Waals surface area contributed by atoms with Crippen molar-refractivity contribution in [3.8, 4) is 5.75 Å². The third kappa shape index (κ3) is 3.05. The molecule has 0 aromatic heterocycles. The second-order valence-electron chi connectivity index (χ2n) is 6.18. The van der Waals surface area contributed by atoms with Gasteiger partial charge in [-0.2, -0.15) is 0 Å². The molecule has 1 aliphatic rings. The molecule has 4 heteroatoms. The van der Waals surface area contributed by atoms with Crippen LogP contribution < -0.4 is 10.1 Å². The van der Waals surface area contributed by atoms with Crippen LogP contribution in [0.15, 0.2) is 18.2 Å². The minimum Gasteiger partial charge on any atom is -0.489 e. The minimum absolute atomic E-state index is 0.0576. The molecule has 2 N–H and O–H groups in total. The van der Waals surface area contributed by atoms with Crippen molar-refractivity contribution in [3.05, 3.63) is 29.3 Å². The Hall–Kier alpha value is -1.55. The van der Waals surface area contributed by atoms with Gasteiger partial charge in [0.15, 0.2) is 0 Å². The van der Waals surface area contributed by atoms with Gasteiger partial charge in [-0.05, 0) is 32.8 Å². The molecule has 3 atom stereocenters. The topological polar surface area (TPSA) is 58.6 Å². The summed E-state index contributed by atoms with van der Waals surface area (Å²) in [6.07, 6.45) is 1.39. The summed E-state index contributed by atoms with van der Waals surface area (Å²) in [7, 11) is 0. The van der Waals surface area contributed by atoms with Crippen molar-refractivity contribution < 1.29 is 14.6 Å². The Labute approximate surface area is 126 Å². The standard InChI is InChI=1S/C17H25NO3/c1-5-17(4,9-10-19)18-16(20)14-8-6-7-13-11(2)12(3)21-15(13)14/h6-8,11-12,19H,5,9-10H2,1-4H3,(H,18,20). The molecule has 0 bridgehead atoms. The molecule has 0 aliphatic carbocycles. The first-order valence-corrected chi connectivity index (χ1v) is 7.65. The summed E-state index contributed by atoms with van der Waals surface area (Å²) in [5, 5.41) is 12.2. The van der Waals surface area contributed by atoms with E-state index in [0.29, 0.717) is 23.7 Å². The van der Waals surface area contributed by atoms with Crippen LogP contribution in [-0.2, 0) is 0 Å². The minimum atomic E-state index is -0.398. The molecule has 0 spiro atoms. The zero-order valence-corrected chi connectivity index (χ0v) is 13.3. The Bertz CT molecular complexity index is 529. The van der Waals surface area contributed by atoms with Gasteiger partial charge in [-0.15, -0.1) is 0 Å². The average Bonchev–Trinajstić information content (AvgIpc) is 2.74. The van der Waals surface area contributed by atoms with Crippen LogP contribution in [0.3, 0.4) is 0 Å². The summed E-state index contributed by atoms with van der Waals surface area (Å²) in [4.78, 5) is 12.6. The number of benzene rings is 1. The van der Waals surface area contributed by atoms with Crippen LogP contribution in [-0.4, -0.2) is 29.3 Å². The number of hydrogen-bond donors (Lipinski definition) is 2. The summed E-state index contributed by atoms with van der Waals surface area (Å²) in [6.45, 7) is 8.15. The van der Waals surface area contributed by atoms with Crippen LogP contribution >= 0.6 is 0 Å². The van der Waals surface area contributed by atoms with Gasteiger partial charge in [0.05, 0.1) is 5.56 Å². The van der Waals surface area contributed by atoms with E-state index in [1.54, 1.807) is 6.07 Å². The normalized spacial score (nSPS) is 23.1. The lowest BCUT2D eigenvalue weighted by atomic mass is 9.93. The zero-order chi connectivity index (χ0) is 15.6. The van der Waals surface area contributed by atoms with E-state index in [1.807, 2.05) is 32.9 Å². The number of rotatable bonds is 5. The predicted molar refractivity (Wildman–Crippen MR) is 82.8 cm³/mol. The van der Waals surface area contributed by atoms with Gasteiger partial charge >= 0.3 is 0 Å². The maximum Gasteiger partial charge on any atom is 0.255 e. The largest absolute Gasteiger partial charge is 0.489 e. The van der Waals surface area contributed by atoms with Crippen molar-refractivity contribution in [1.29, 1.82) is 0 Å². The zero-order valence-electron chi connectivity index (χ0n) is 13.3. The Morgan fingerprint density at radius 1 is 1.43 bits per heavy atom. The molecule has 0 saturated heterocycles. The molecular weight excluding hydrogens is 266 g/mol. The Kier molecular flexibility index (Phi) is 4.57.